The molecule has 3 aromatic rings. The Morgan fingerprint density at radius 1 is 0.884 bits per heavy atom. The van der Waals surface area contributed by atoms with Crippen LogP contribution in [0.4, 0.5) is 0 Å². The van der Waals surface area contributed by atoms with Gasteiger partial charge in [0.1, 0.15) is 0 Å². The number of carbonyl (C=O) groups excluding carboxylic acids is 1. The molecule has 0 saturated heterocycles. The second-order valence-corrected chi connectivity index (χ2v) is 11.9. The number of aryl methyl sites for hydroxylation is 3. The van der Waals surface area contributed by atoms with Gasteiger partial charge < -0.3 is 14.9 Å². The predicted molar refractivity (Wildman–Crippen MR) is 181 cm³/mol. The van der Waals surface area contributed by atoms with Crippen LogP contribution in [0, 0.1) is 19.3 Å². The zero-order valence-corrected chi connectivity index (χ0v) is 28.7. The molecule has 0 spiro atoms. The Hall–Kier alpha value is -3.02. The Labute approximate surface area is 261 Å². The van der Waals surface area contributed by atoms with Crippen LogP contribution in [-0.4, -0.2) is 41.0 Å². The summed E-state index contributed by atoms with van der Waals surface area (Å²) in [5.41, 5.74) is 9.15. The molecule has 238 valence electrons. The number of aliphatic hydroxyl groups excluding tert-OH is 2. The van der Waals surface area contributed by atoms with Gasteiger partial charge in [-0.25, -0.2) is 0 Å². The summed E-state index contributed by atoms with van der Waals surface area (Å²) in [5, 5.41) is 17.5. The molecule has 1 aromatic heterocycles. The normalized spacial score (nSPS) is 11.9. The average Bonchev–Trinajstić information content (AvgIpc) is 3.00. The fourth-order valence-electron chi connectivity index (χ4n) is 5.55. The number of aliphatic hydroxyl groups is 2. The molecular formula is C38H57NO4. The third kappa shape index (κ3) is 10.0. The first-order valence-corrected chi connectivity index (χ1v) is 15.9. The Bertz CT molecular complexity index is 1250. The maximum atomic E-state index is 11.8. The number of esters is 1. The quantitative estimate of drug-likeness (QED) is 0.218. The molecule has 0 aliphatic carbocycles. The molecule has 0 aliphatic rings. The molecule has 43 heavy (non-hydrogen) atoms. The summed E-state index contributed by atoms with van der Waals surface area (Å²) < 4.78 is 5.05. The second-order valence-electron chi connectivity index (χ2n) is 11.9. The molecule has 0 amide bonds. The number of hydrogen-bond donors (Lipinski definition) is 2. The third-order valence-electron chi connectivity index (χ3n) is 8.32. The van der Waals surface area contributed by atoms with Crippen molar-refractivity contribution in [1.82, 2.24) is 4.98 Å². The molecule has 1 heterocycles. The number of benzene rings is 2. The van der Waals surface area contributed by atoms with Crippen LogP contribution in [0.5, 0.6) is 0 Å². The Morgan fingerprint density at radius 3 is 1.93 bits per heavy atom. The van der Waals surface area contributed by atoms with Crippen LogP contribution in [-0.2, 0) is 27.8 Å². The number of hydrogen-bond acceptors (Lipinski definition) is 5. The minimum Gasteiger partial charge on any atom is -0.466 e. The van der Waals surface area contributed by atoms with Gasteiger partial charge in [0.05, 0.1) is 24.8 Å². The highest BCUT2D eigenvalue weighted by Gasteiger charge is 2.31. The van der Waals surface area contributed by atoms with Gasteiger partial charge in [-0.3, -0.25) is 9.78 Å². The molecule has 3 rings (SSSR count). The van der Waals surface area contributed by atoms with E-state index >= 15 is 0 Å². The predicted octanol–water partition coefficient (Wildman–Crippen LogP) is 8.55. The lowest BCUT2D eigenvalue weighted by atomic mass is 9.69. The van der Waals surface area contributed by atoms with E-state index in [1.807, 2.05) is 32.9 Å². The second kappa shape index (κ2) is 17.9. The van der Waals surface area contributed by atoms with Gasteiger partial charge in [-0.2, -0.15) is 0 Å². The molecule has 5 nitrogen and oxygen atoms in total. The number of aromatic nitrogens is 1. The van der Waals surface area contributed by atoms with Gasteiger partial charge >= 0.3 is 5.97 Å². The lowest BCUT2D eigenvalue weighted by Gasteiger charge is -2.34. The van der Waals surface area contributed by atoms with Crippen molar-refractivity contribution in [3.63, 3.8) is 0 Å². The first-order chi connectivity index (χ1) is 20.4. The van der Waals surface area contributed by atoms with Crippen LogP contribution in [0.25, 0.3) is 11.3 Å². The fourth-order valence-corrected chi connectivity index (χ4v) is 5.55. The number of pyridine rings is 1. The van der Waals surface area contributed by atoms with Gasteiger partial charge in [0.2, 0.25) is 0 Å². The summed E-state index contributed by atoms with van der Waals surface area (Å²) in [6, 6.07) is 17.6. The standard InChI is InChI=1S/C35H47NO3.C2H6.CH4O/c1-9-35(10-2,28-15-13-27(24(4)20-28)14-19-32(37)34(6,7)8)29-16-17-30(25(5)21-29)31-18-12-26(23-36-31)22-33(38)39-11-3;2*1-2/h12-13,15-18,20-21,23,32,37H,9-11,14,19,22H2,1-8H3;1-2H3;2H,1H3. The molecule has 0 aliphatic heterocycles. The Balaban J connectivity index is 0.00000221. The van der Waals surface area contributed by atoms with Crippen molar-refractivity contribution in [2.24, 2.45) is 5.41 Å². The molecule has 5 heteroatoms. The van der Waals surface area contributed by atoms with Gasteiger partial charge in [-0.1, -0.05) is 90.9 Å². The van der Waals surface area contributed by atoms with Crippen molar-refractivity contribution in [3.05, 3.63) is 88.1 Å². The van der Waals surface area contributed by atoms with Gasteiger partial charge in [-0.05, 0) is 91.3 Å². The number of rotatable bonds is 11. The van der Waals surface area contributed by atoms with Crippen molar-refractivity contribution in [3.8, 4) is 11.3 Å². The van der Waals surface area contributed by atoms with Crippen molar-refractivity contribution in [2.75, 3.05) is 13.7 Å². The van der Waals surface area contributed by atoms with E-state index < -0.39 is 0 Å². The number of ether oxygens (including phenoxy) is 1. The first kappa shape index (κ1) is 38.0. The van der Waals surface area contributed by atoms with E-state index in [0.717, 1.165) is 49.6 Å². The molecule has 2 N–H and O–H groups in total. The van der Waals surface area contributed by atoms with Gasteiger partial charge in [0.15, 0.2) is 0 Å². The van der Waals surface area contributed by atoms with Crippen molar-refractivity contribution in [1.29, 1.82) is 0 Å². The zero-order chi connectivity index (χ0) is 32.8. The molecule has 2 aromatic carbocycles. The molecule has 0 fully saturated rings. The Kier molecular flexibility index (Phi) is 15.9. The van der Waals surface area contributed by atoms with Crippen molar-refractivity contribution in [2.45, 2.75) is 113 Å². The van der Waals surface area contributed by atoms with Crippen LogP contribution in [0.15, 0.2) is 54.7 Å². The summed E-state index contributed by atoms with van der Waals surface area (Å²) in [6.45, 7) is 21.4. The van der Waals surface area contributed by atoms with E-state index in [1.54, 1.807) is 6.20 Å². The van der Waals surface area contributed by atoms with E-state index in [9.17, 15) is 9.90 Å². The van der Waals surface area contributed by atoms with Crippen molar-refractivity contribution >= 4 is 5.97 Å². The smallest absolute Gasteiger partial charge is 0.310 e. The van der Waals surface area contributed by atoms with Crippen LogP contribution in [0.1, 0.15) is 108 Å². The highest BCUT2D eigenvalue weighted by Crippen LogP contribution is 2.41. The first-order valence-electron chi connectivity index (χ1n) is 15.9. The molecule has 0 bridgehead atoms. The summed E-state index contributed by atoms with van der Waals surface area (Å²) >= 11 is 0. The summed E-state index contributed by atoms with van der Waals surface area (Å²) in [6.07, 6.45) is 5.36. The molecule has 1 unspecified atom stereocenters. The fraction of sp³-hybridized carbons (Fsp3) is 0.526. The van der Waals surface area contributed by atoms with E-state index in [-0.39, 0.29) is 29.3 Å². The van der Waals surface area contributed by atoms with E-state index in [2.05, 4.69) is 89.8 Å². The van der Waals surface area contributed by atoms with Crippen molar-refractivity contribution < 1.29 is 19.7 Å². The lowest BCUT2D eigenvalue weighted by molar-refractivity contribution is -0.142. The summed E-state index contributed by atoms with van der Waals surface area (Å²) in [5.74, 6) is -0.228. The maximum Gasteiger partial charge on any atom is 0.310 e. The third-order valence-corrected chi connectivity index (χ3v) is 8.32. The average molecular weight is 592 g/mol. The monoisotopic (exact) mass is 591 g/mol. The highest BCUT2D eigenvalue weighted by molar-refractivity contribution is 5.73. The maximum absolute atomic E-state index is 11.8. The molecule has 1 atom stereocenters. The van der Waals surface area contributed by atoms with Crippen LogP contribution in [0.2, 0.25) is 0 Å². The molecule has 0 saturated carbocycles. The SMILES string of the molecule is CC.CCOC(=O)Cc1ccc(-c2ccc(C(CC)(CC)c3ccc(CCC(O)C(C)(C)C)c(C)c3)cc2C)nc1.CO. The Morgan fingerprint density at radius 2 is 1.47 bits per heavy atom. The molecular weight excluding hydrogens is 534 g/mol. The van der Waals surface area contributed by atoms with E-state index in [0.29, 0.717) is 6.61 Å². The van der Waals surface area contributed by atoms with Crippen LogP contribution >= 0.6 is 0 Å². The topological polar surface area (TPSA) is 79.7 Å². The van der Waals surface area contributed by atoms with E-state index in [4.69, 9.17) is 9.84 Å². The largest absolute Gasteiger partial charge is 0.466 e. The zero-order valence-electron chi connectivity index (χ0n) is 28.7. The highest BCUT2D eigenvalue weighted by atomic mass is 16.5. The summed E-state index contributed by atoms with van der Waals surface area (Å²) in [7, 11) is 1.00. The van der Waals surface area contributed by atoms with Crippen LogP contribution < -0.4 is 0 Å². The van der Waals surface area contributed by atoms with Crippen LogP contribution in [0.3, 0.4) is 0 Å². The minimum atomic E-state index is -0.313. The van der Waals surface area contributed by atoms with E-state index in [1.165, 1.54) is 27.8 Å². The number of nitrogens with zero attached hydrogens (tertiary/aromatic N) is 1. The van der Waals surface area contributed by atoms with Gasteiger partial charge in [0.25, 0.3) is 0 Å². The van der Waals surface area contributed by atoms with Gasteiger partial charge in [-0.15, -0.1) is 0 Å². The minimum absolute atomic E-state index is 0.0750. The number of carbonyl (C=O) groups is 1. The molecule has 0 radical (unpaired) electrons. The van der Waals surface area contributed by atoms with Gasteiger partial charge in [0, 0.05) is 24.3 Å². The lowest BCUT2D eigenvalue weighted by Crippen LogP contribution is -2.27. The summed E-state index contributed by atoms with van der Waals surface area (Å²) in [4.78, 5) is 16.5.